The quantitative estimate of drug-likeness (QED) is 0.782. The van der Waals surface area contributed by atoms with Gasteiger partial charge in [-0.25, -0.2) is 0 Å². The average Bonchev–Trinajstić information content (AvgIpc) is 2.96. The number of nitrogens with one attached hydrogen (secondary N) is 2. The number of aromatic amines is 1. The fraction of sp³-hybridized carbons (Fsp3) is 0.444. The molecule has 1 aromatic heterocycles. The summed E-state index contributed by atoms with van der Waals surface area (Å²) < 4.78 is 5.40. The summed E-state index contributed by atoms with van der Waals surface area (Å²) >= 11 is 0. The number of benzene rings is 1. The number of hydrogen-bond acceptors (Lipinski definition) is 3. The number of fused-ring (bicyclic) bond motifs is 1. The zero-order valence-electron chi connectivity index (χ0n) is 14.3. The Hall–Kier alpha value is -1.20. The van der Waals surface area contributed by atoms with Crippen molar-refractivity contribution in [3.8, 4) is 5.75 Å². The first-order chi connectivity index (χ1) is 10.7. The summed E-state index contributed by atoms with van der Waals surface area (Å²) in [6, 6.07) is 6.60. The molecule has 0 unspecified atom stereocenters. The number of H-pyrrole nitrogens is 1. The first-order valence-electron chi connectivity index (χ1n) is 7.93. The first kappa shape index (κ1) is 20.8. The smallest absolute Gasteiger partial charge is 0.119 e. The van der Waals surface area contributed by atoms with Gasteiger partial charge in [0, 0.05) is 49.3 Å². The lowest BCUT2D eigenvalue weighted by Crippen LogP contribution is -2.45. The van der Waals surface area contributed by atoms with Crippen LogP contribution < -0.4 is 10.1 Å². The topological polar surface area (TPSA) is 40.3 Å². The van der Waals surface area contributed by atoms with E-state index in [1.807, 2.05) is 6.07 Å². The van der Waals surface area contributed by atoms with E-state index in [0.717, 1.165) is 43.9 Å². The Labute approximate surface area is 156 Å². The number of halogens is 2. The van der Waals surface area contributed by atoms with Gasteiger partial charge < -0.3 is 15.0 Å². The third kappa shape index (κ3) is 4.45. The van der Waals surface area contributed by atoms with Crippen LogP contribution in [0.15, 0.2) is 36.5 Å². The molecule has 1 fully saturated rings. The minimum atomic E-state index is 0. The van der Waals surface area contributed by atoms with Crippen molar-refractivity contribution in [2.45, 2.75) is 19.4 Å². The number of rotatable bonds is 5. The molecule has 0 bridgehead atoms. The standard InChI is InChI=1S/C18H25N3O.2ClH/c1-13(2)10-18(21-8-6-19-7-9-21)16-12-20-17-5-4-14(22-3)11-15(16)17;;/h4-5,11-12,18-20H,1,6-10H2,2-3H3;2*1H/t18-;;/m0../s1. The maximum atomic E-state index is 5.40. The molecule has 134 valence electrons. The summed E-state index contributed by atoms with van der Waals surface area (Å²) in [7, 11) is 1.72. The summed E-state index contributed by atoms with van der Waals surface area (Å²) in [5.74, 6) is 0.905. The first-order valence-corrected chi connectivity index (χ1v) is 7.93. The average molecular weight is 372 g/mol. The molecule has 3 rings (SSSR count). The lowest BCUT2D eigenvalue weighted by molar-refractivity contribution is 0.173. The van der Waals surface area contributed by atoms with Gasteiger partial charge in [0.15, 0.2) is 0 Å². The molecule has 1 aliphatic rings. The van der Waals surface area contributed by atoms with Crippen LogP contribution in [0.1, 0.15) is 24.9 Å². The van der Waals surface area contributed by atoms with Gasteiger partial charge in [-0.1, -0.05) is 5.57 Å². The van der Waals surface area contributed by atoms with Crippen LogP contribution in [-0.2, 0) is 0 Å². The van der Waals surface area contributed by atoms with Gasteiger partial charge in [0.1, 0.15) is 5.75 Å². The number of nitrogens with zero attached hydrogens (tertiary/aromatic N) is 1. The van der Waals surface area contributed by atoms with Gasteiger partial charge in [-0.2, -0.15) is 0 Å². The highest BCUT2D eigenvalue weighted by Gasteiger charge is 2.24. The van der Waals surface area contributed by atoms with Gasteiger partial charge in [0.2, 0.25) is 0 Å². The third-order valence-corrected chi connectivity index (χ3v) is 4.41. The molecule has 1 aromatic carbocycles. The molecule has 24 heavy (non-hydrogen) atoms. The van der Waals surface area contributed by atoms with Gasteiger partial charge in [-0.3, -0.25) is 4.90 Å². The van der Waals surface area contributed by atoms with E-state index < -0.39 is 0 Å². The van der Waals surface area contributed by atoms with Gasteiger partial charge in [0.05, 0.1) is 7.11 Å². The van der Waals surface area contributed by atoms with Crippen molar-refractivity contribution in [3.05, 3.63) is 42.1 Å². The lowest BCUT2D eigenvalue weighted by Gasteiger charge is -2.35. The van der Waals surface area contributed by atoms with E-state index in [-0.39, 0.29) is 24.8 Å². The lowest BCUT2D eigenvalue weighted by atomic mass is 9.97. The van der Waals surface area contributed by atoms with Crippen LogP contribution in [0, 0.1) is 0 Å². The van der Waals surface area contributed by atoms with Crippen LogP contribution in [0.25, 0.3) is 10.9 Å². The van der Waals surface area contributed by atoms with Crippen LogP contribution in [0.2, 0.25) is 0 Å². The Morgan fingerprint density at radius 3 is 2.62 bits per heavy atom. The third-order valence-electron chi connectivity index (χ3n) is 4.41. The fourth-order valence-corrected chi connectivity index (χ4v) is 3.28. The molecule has 1 aliphatic heterocycles. The number of hydrogen-bond donors (Lipinski definition) is 2. The second kappa shape index (κ2) is 9.33. The Bertz CT molecular complexity index is 665. The Morgan fingerprint density at radius 2 is 2.00 bits per heavy atom. The van der Waals surface area contributed by atoms with Gasteiger partial charge in [-0.15, -0.1) is 31.4 Å². The molecule has 0 spiro atoms. The summed E-state index contributed by atoms with van der Waals surface area (Å²) in [6.45, 7) is 10.5. The minimum absolute atomic E-state index is 0. The molecule has 1 saturated heterocycles. The molecule has 2 heterocycles. The largest absolute Gasteiger partial charge is 0.497 e. The molecule has 0 saturated carbocycles. The molecule has 2 N–H and O–H groups in total. The van der Waals surface area contributed by atoms with Crippen LogP contribution in [0.5, 0.6) is 5.75 Å². The molecule has 4 nitrogen and oxygen atoms in total. The highest BCUT2D eigenvalue weighted by Crippen LogP contribution is 2.34. The zero-order chi connectivity index (χ0) is 15.5. The second-order valence-corrected chi connectivity index (χ2v) is 6.12. The molecule has 1 atom stereocenters. The van der Waals surface area contributed by atoms with Crippen LogP contribution in [0.3, 0.4) is 0 Å². The molecule has 0 radical (unpaired) electrons. The van der Waals surface area contributed by atoms with Crippen molar-refractivity contribution >= 4 is 35.7 Å². The van der Waals surface area contributed by atoms with Crippen molar-refractivity contribution in [2.24, 2.45) is 0 Å². The Kier molecular flexibility index (Phi) is 8.10. The van der Waals surface area contributed by atoms with Gasteiger partial charge in [-0.05, 0) is 37.1 Å². The molecule has 6 heteroatoms. The minimum Gasteiger partial charge on any atom is -0.497 e. The summed E-state index contributed by atoms with van der Waals surface area (Å²) in [4.78, 5) is 5.97. The van der Waals surface area contributed by atoms with Crippen LogP contribution >= 0.6 is 24.8 Å². The number of piperazine rings is 1. The highest BCUT2D eigenvalue weighted by molar-refractivity contribution is 5.86. The second-order valence-electron chi connectivity index (χ2n) is 6.12. The maximum Gasteiger partial charge on any atom is 0.119 e. The SMILES string of the molecule is C=C(C)C[C@@H](c1c[nH]c2ccc(OC)cc12)N1CCNCC1.Cl.Cl. The summed E-state index contributed by atoms with van der Waals surface area (Å²) in [5, 5.41) is 4.69. The predicted molar refractivity (Wildman–Crippen MR) is 106 cm³/mol. The number of ether oxygens (including phenoxy) is 1. The highest BCUT2D eigenvalue weighted by atomic mass is 35.5. The normalized spacial score (nSPS) is 16.1. The fourth-order valence-electron chi connectivity index (χ4n) is 3.28. The molecule has 0 amide bonds. The Balaban J connectivity index is 0.00000144. The van der Waals surface area contributed by atoms with E-state index >= 15 is 0 Å². The van der Waals surface area contributed by atoms with Crippen molar-refractivity contribution in [2.75, 3.05) is 33.3 Å². The molecular weight excluding hydrogens is 345 g/mol. The number of aromatic nitrogens is 1. The van der Waals surface area contributed by atoms with Crippen molar-refractivity contribution in [3.63, 3.8) is 0 Å². The van der Waals surface area contributed by atoms with E-state index in [1.54, 1.807) is 7.11 Å². The van der Waals surface area contributed by atoms with Gasteiger partial charge >= 0.3 is 0 Å². The van der Waals surface area contributed by atoms with E-state index in [0.29, 0.717) is 6.04 Å². The van der Waals surface area contributed by atoms with E-state index in [1.165, 1.54) is 16.5 Å². The molecular formula is C18H27Cl2N3O. The van der Waals surface area contributed by atoms with E-state index in [9.17, 15) is 0 Å². The Morgan fingerprint density at radius 1 is 1.29 bits per heavy atom. The van der Waals surface area contributed by atoms with Crippen molar-refractivity contribution in [1.29, 1.82) is 0 Å². The maximum absolute atomic E-state index is 5.40. The summed E-state index contributed by atoms with van der Waals surface area (Å²) in [6.07, 6.45) is 3.14. The number of methoxy groups -OCH3 is 1. The van der Waals surface area contributed by atoms with Crippen molar-refractivity contribution in [1.82, 2.24) is 15.2 Å². The molecule has 0 aliphatic carbocycles. The predicted octanol–water partition coefficient (Wildman–Crippen LogP) is 3.93. The summed E-state index contributed by atoms with van der Waals surface area (Å²) in [5.41, 5.74) is 3.73. The molecule has 2 aromatic rings. The van der Waals surface area contributed by atoms with Crippen molar-refractivity contribution < 1.29 is 4.74 Å². The van der Waals surface area contributed by atoms with Crippen LogP contribution in [0.4, 0.5) is 0 Å². The monoisotopic (exact) mass is 371 g/mol. The van der Waals surface area contributed by atoms with E-state index in [4.69, 9.17) is 4.74 Å². The van der Waals surface area contributed by atoms with Gasteiger partial charge in [0.25, 0.3) is 0 Å². The van der Waals surface area contributed by atoms with Crippen LogP contribution in [-0.4, -0.2) is 43.2 Å². The van der Waals surface area contributed by atoms with E-state index in [2.05, 4.69) is 47.0 Å². The zero-order valence-corrected chi connectivity index (χ0v) is 15.9.